The van der Waals surface area contributed by atoms with Gasteiger partial charge in [0.15, 0.2) is 0 Å². The number of hydrogen-bond donors (Lipinski definition) is 0. The normalized spacial score (nSPS) is 22.3. The number of hydrogen-bond acceptors (Lipinski definition) is 4. The van der Waals surface area contributed by atoms with Gasteiger partial charge in [-0.15, -0.1) is 0 Å². The molecule has 1 fully saturated rings. The second kappa shape index (κ2) is 6.00. The van der Waals surface area contributed by atoms with E-state index in [1.165, 1.54) is 0 Å². The molecule has 1 aromatic carbocycles. The van der Waals surface area contributed by atoms with Gasteiger partial charge < -0.3 is 9.64 Å². The van der Waals surface area contributed by atoms with E-state index in [9.17, 15) is 0 Å². The van der Waals surface area contributed by atoms with E-state index in [1.807, 2.05) is 37.3 Å². The quantitative estimate of drug-likeness (QED) is 0.852. The lowest BCUT2D eigenvalue weighted by molar-refractivity contribution is 0.0209. The molecule has 1 aromatic heterocycles. The summed E-state index contributed by atoms with van der Waals surface area (Å²) in [5, 5.41) is 0.730. The minimum Gasteiger partial charge on any atom is -0.370 e. The molecule has 1 saturated heterocycles. The Labute approximate surface area is 129 Å². The van der Waals surface area contributed by atoms with E-state index in [4.69, 9.17) is 16.3 Å². The smallest absolute Gasteiger partial charge is 0.225 e. The van der Waals surface area contributed by atoms with Gasteiger partial charge in [0.1, 0.15) is 6.10 Å². The van der Waals surface area contributed by atoms with Crippen LogP contribution in [-0.2, 0) is 4.74 Å². The van der Waals surface area contributed by atoms with Crippen LogP contribution in [0.2, 0.25) is 5.02 Å². The fourth-order valence-corrected chi connectivity index (χ4v) is 2.72. The molecule has 2 aromatic rings. The van der Waals surface area contributed by atoms with E-state index < -0.39 is 0 Å². The van der Waals surface area contributed by atoms with Crippen LogP contribution in [0.1, 0.15) is 24.3 Å². The molecule has 0 amide bonds. The molecular formula is C16H18ClN3O. The van der Waals surface area contributed by atoms with Gasteiger partial charge in [0, 0.05) is 16.9 Å². The first kappa shape index (κ1) is 14.3. The lowest BCUT2D eigenvalue weighted by atomic mass is 10.1. The Hall–Kier alpha value is -1.65. The van der Waals surface area contributed by atoms with E-state index in [1.54, 1.807) is 6.20 Å². The van der Waals surface area contributed by atoms with Crippen LogP contribution in [0, 0.1) is 6.92 Å². The molecule has 0 saturated carbocycles. The number of aryl methyl sites for hydroxylation is 1. The van der Waals surface area contributed by atoms with E-state index in [0.29, 0.717) is 6.61 Å². The average Bonchev–Trinajstić information content (AvgIpc) is 2.47. The third kappa shape index (κ3) is 3.17. The number of rotatable bonds is 2. The monoisotopic (exact) mass is 303 g/mol. The molecule has 0 bridgehead atoms. The van der Waals surface area contributed by atoms with Crippen molar-refractivity contribution in [3.8, 4) is 0 Å². The number of nitrogens with zero attached hydrogens (tertiary/aromatic N) is 3. The number of morpholine rings is 1. The van der Waals surface area contributed by atoms with Crippen molar-refractivity contribution in [3.05, 3.63) is 52.8 Å². The third-order valence-electron chi connectivity index (χ3n) is 3.69. The molecule has 2 atom stereocenters. The zero-order valence-electron chi connectivity index (χ0n) is 12.2. The number of benzene rings is 1. The van der Waals surface area contributed by atoms with Crippen molar-refractivity contribution in [2.75, 3.05) is 18.1 Å². The van der Waals surface area contributed by atoms with Crippen LogP contribution >= 0.6 is 11.6 Å². The third-order valence-corrected chi connectivity index (χ3v) is 3.93. The Bertz CT molecular complexity index is 634. The first-order valence-electron chi connectivity index (χ1n) is 7.07. The van der Waals surface area contributed by atoms with Gasteiger partial charge in [-0.3, -0.25) is 0 Å². The minimum atomic E-state index is -0.0102. The lowest BCUT2D eigenvalue weighted by Gasteiger charge is -2.38. The Morgan fingerprint density at radius 2 is 2.19 bits per heavy atom. The predicted molar refractivity (Wildman–Crippen MR) is 83.7 cm³/mol. The maximum absolute atomic E-state index is 6.07. The highest BCUT2D eigenvalue weighted by Gasteiger charge is 2.28. The summed E-state index contributed by atoms with van der Waals surface area (Å²) < 4.78 is 5.96. The highest BCUT2D eigenvalue weighted by atomic mass is 35.5. The second-order valence-corrected chi connectivity index (χ2v) is 5.81. The SMILES string of the molecule is Cc1ccnc(N2CC(c3cccc(Cl)c3)OCC2C)n1. The summed E-state index contributed by atoms with van der Waals surface area (Å²) in [7, 11) is 0. The predicted octanol–water partition coefficient (Wildman–Crippen LogP) is 3.40. The van der Waals surface area contributed by atoms with Crippen molar-refractivity contribution >= 4 is 17.5 Å². The standard InChI is InChI=1S/C16H18ClN3O/c1-11-6-7-18-16(19-11)20-9-15(21-10-12(20)2)13-4-3-5-14(17)8-13/h3-8,12,15H,9-10H2,1-2H3. The van der Waals surface area contributed by atoms with Gasteiger partial charge in [-0.1, -0.05) is 23.7 Å². The maximum Gasteiger partial charge on any atom is 0.225 e. The molecule has 4 nitrogen and oxygen atoms in total. The van der Waals surface area contributed by atoms with E-state index >= 15 is 0 Å². The molecule has 21 heavy (non-hydrogen) atoms. The van der Waals surface area contributed by atoms with Gasteiger partial charge in [-0.25, -0.2) is 9.97 Å². The van der Waals surface area contributed by atoms with Crippen molar-refractivity contribution < 1.29 is 4.74 Å². The number of aromatic nitrogens is 2. The summed E-state index contributed by atoms with van der Waals surface area (Å²) in [4.78, 5) is 11.1. The molecule has 1 aliphatic rings. The zero-order valence-corrected chi connectivity index (χ0v) is 12.9. The largest absolute Gasteiger partial charge is 0.370 e. The highest BCUT2D eigenvalue weighted by molar-refractivity contribution is 6.30. The van der Waals surface area contributed by atoms with Crippen LogP contribution < -0.4 is 4.90 Å². The molecule has 5 heteroatoms. The van der Waals surface area contributed by atoms with Crippen molar-refractivity contribution in [1.82, 2.24) is 9.97 Å². The van der Waals surface area contributed by atoms with Crippen LogP contribution in [0.3, 0.4) is 0 Å². The van der Waals surface area contributed by atoms with Crippen molar-refractivity contribution in [3.63, 3.8) is 0 Å². The van der Waals surface area contributed by atoms with Gasteiger partial charge in [-0.2, -0.15) is 0 Å². The lowest BCUT2D eigenvalue weighted by Crippen LogP contribution is -2.46. The first-order valence-corrected chi connectivity index (χ1v) is 7.44. The van der Waals surface area contributed by atoms with Crippen LogP contribution in [0.15, 0.2) is 36.5 Å². The van der Waals surface area contributed by atoms with Gasteiger partial charge in [-0.05, 0) is 37.6 Å². The molecule has 0 spiro atoms. The highest BCUT2D eigenvalue weighted by Crippen LogP contribution is 2.28. The fourth-order valence-electron chi connectivity index (χ4n) is 2.52. The zero-order chi connectivity index (χ0) is 14.8. The minimum absolute atomic E-state index is 0.0102. The Morgan fingerprint density at radius 3 is 2.95 bits per heavy atom. The van der Waals surface area contributed by atoms with Gasteiger partial charge in [0.25, 0.3) is 0 Å². The van der Waals surface area contributed by atoms with E-state index in [0.717, 1.165) is 28.8 Å². The van der Waals surface area contributed by atoms with Crippen molar-refractivity contribution in [2.24, 2.45) is 0 Å². The Morgan fingerprint density at radius 1 is 1.33 bits per heavy atom. The Balaban J connectivity index is 1.85. The number of halogens is 1. The molecular weight excluding hydrogens is 286 g/mol. The molecule has 3 rings (SSSR count). The summed E-state index contributed by atoms with van der Waals surface area (Å²) in [6, 6.07) is 9.98. The molecule has 0 aliphatic carbocycles. The molecule has 1 aliphatic heterocycles. The second-order valence-electron chi connectivity index (χ2n) is 5.38. The molecule has 2 unspecified atom stereocenters. The number of ether oxygens (including phenoxy) is 1. The topological polar surface area (TPSA) is 38.2 Å². The fraction of sp³-hybridized carbons (Fsp3) is 0.375. The van der Waals surface area contributed by atoms with Crippen molar-refractivity contribution in [2.45, 2.75) is 26.0 Å². The van der Waals surface area contributed by atoms with Gasteiger partial charge >= 0.3 is 0 Å². The summed E-state index contributed by atoms with van der Waals surface area (Å²) >= 11 is 6.07. The first-order chi connectivity index (χ1) is 10.1. The maximum atomic E-state index is 6.07. The Kier molecular flexibility index (Phi) is 4.08. The molecule has 110 valence electrons. The molecule has 2 heterocycles. The van der Waals surface area contributed by atoms with Gasteiger partial charge in [0.05, 0.1) is 19.2 Å². The average molecular weight is 304 g/mol. The summed E-state index contributed by atoms with van der Waals surface area (Å²) in [5.41, 5.74) is 2.06. The summed E-state index contributed by atoms with van der Waals surface area (Å²) in [6.07, 6.45) is 1.79. The van der Waals surface area contributed by atoms with E-state index in [2.05, 4.69) is 21.8 Å². The van der Waals surface area contributed by atoms with Crippen LogP contribution in [0.25, 0.3) is 0 Å². The summed E-state index contributed by atoms with van der Waals surface area (Å²) in [5.74, 6) is 0.762. The van der Waals surface area contributed by atoms with Crippen LogP contribution in [0.4, 0.5) is 5.95 Å². The van der Waals surface area contributed by atoms with E-state index in [-0.39, 0.29) is 12.1 Å². The van der Waals surface area contributed by atoms with Crippen molar-refractivity contribution in [1.29, 1.82) is 0 Å². The van der Waals surface area contributed by atoms with Crippen LogP contribution in [0.5, 0.6) is 0 Å². The molecule has 0 radical (unpaired) electrons. The van der Waals surface area contributed by atoms with Gasteiger partial charge in [0.2, 0.25) is 5.95 Å². The van der Waals surface area contributed by atoms with Crippen LogP contribution in [-0.4, -0.2) is 29.2 Å². The summed E-state index contributed by atoms with van der Waals surface area (Å²) in [6.45, 7) is 5.48. The number of anilines is 1. The molecule has 0 N–H and O–H groups in total.